The number of hydrogen-bond acceptors (Lipinski definition) is 4. The van der Waals surface area contributed by atoms with Crippen molar-refractivity contribution in [2.75, 3.05) is 40.5 Å². The van der Waals surface area contributed by atoms with E-state index in [1.165, 1.54) is 0 Å². The highest BCUT2D eigenvalue weighted by molar-refractivity contribution is 6.30. The molecule has 5 heteroatoms. The van der Waals surface area contributed by atoms with Crippen LogP contribution < -0.4 is 0 Å². The highest BCUT2D eigenvalue weighted by Crippen LogP contribution is 2.09. The molecule has 1 rings (SSSR count). The van der Waals surface area contributed by atoms with Gasteiger partial charge >= 0.3 is 0 Å². The van der Waals surface area contributed by atoms with E-state index >= 15 is 0 Å². The standard InChI is InChI=1S/C12H19ClN2O2/c1-16-7-5-15(6-8-17-2)10-12-9-11(13)3-4-14-12/h3-4,9H,5-8,10H2,1-2H3. The predicted octanol–water partition coefficient (Wildman–Crippen LogP) is 1.83. The quantitative estimate of drug-likeness (QED) is 0.713. The second-order valence-electron chi connectivity index (χ2n) is 3.73. The molecule has 0 radical (unpaired) electrons. The monoisotopic (exact) mass is 258 g/mol. The first-order valence-corrected chi connectivity index (χ1v) is 5.94. The Bertz CT molecular complexity index is 315. The van der Waals surface area contributed by atoms with E-state index in [-0.39, 0.29) is 0 Å². The average Bonchev–Trinajstić information content (AvgIpc) is 2.32. The Labute approximate surface area is 107 Å². The normalized spacial score (nSPS) is 11.1. The molecular formula is C12H19ClN2O2. The summed E-state index contributed by atoms with van der Waals surface area (Å²) < 4.78 is 10.2. The summed E-state index contributed by atoms with van der Waals surface area (Å²) in [4.78, 5) is 6.52. The van der Waals surface area contributed by atoms with Crippen molar-refractivity contribution in [3.63, 3.8) is 0 Å². The molecule has 0 N–H and O–H groups in total. The molecule has 0 aliphatic rings. The highest BCUT2D eigenvalue weighted by atomic mass is 35.5. The van der Waals surface area contributed by atoms with Gasteiger partial charge in [0.25, 0.3) is 0 Å². The van der Waals surface area contributed by atoms with E-state index in [0.29, 0.717) is 18.2 Å². The van der Waals surface area contributed by atoms with Gasteiger partial charge in [-0.05, 0) is 12.1 Å². The molecule has 4 nitrogen and oxygen atoms in total. The number of halogens is 1. The van der Waals surface area contributed by atoms with Gasteiger partial charge in [-0.3, -0.25) is 9.88 Å². The van der Waals surface area contributed by atoms with Crippen LogP contribution in [0.2, 0.25) is 5.02 Å². The smallest absolute Gasteiger partial charge is 0.0589 e. The van der Waals surface area contributed by atoms with Crippen molar-refractivity contribution in [3.8, 4) is 0 Å². The molecule has 1 aromatic heterocycles. The van der Waals surface area contributed by atoms with Gasteiger partial charge in [-0.15, -0.1) is 0 Å². The number of nitrogens with zero attached hydrogens (tertiary/aromatic N) is 2. The average molecular weight is 259 g/mol. The fourth-order valence-electron chi connectivity index (χ4n) is 1.48. The first-order valence-electron chi connectivity index (χ1n) is 5.57. The molecule has 1 aromatic rings. The third-order valence-corrected chi connectivity index (χ3v) is 2.62. The molecule has 0 aromatic carbocycles. The van der Waals surface area contributed by atoms with Gasteiger partial charge in [-0.1, -0.05) is 11.6 Å². The molecule has 96 valence electrons. The van der Waals surface area contributed by atoms with Crippen molar-refractivity contribution < 1.29 is 9.47 Å². The van der Waals surface area contributed by atoms with Gasteiger partial charge in [-0.2, -0.15) is 0 Å². The Hall–Kier alpha value is -0.680. The van der Waals surface area contributed by atoms with E-state index in [4.69, 9.17) is 21.1 Å². The van der Waals surface area contributed by atoms with E-state index in [2.05, 4.69) is 9.88 Å². The zero-order valence-corrected chi connectivity index (χ0v) is 11.1. The molecule has 0 aliphatic carbocycles. The summed E-state index contributed by atoms with van der Waals surface area (Å²) in [5, 5.41) is 0.716. The lowest BCUT2D eigenvalue weighted by atomic mass is 10.3. The Balaban J connectivity index is 2.51. The summed E-state index contributed by atoms with van der Waals surface area (Å²) in [6, 6.07) is 3.66. The Morgan fingerprint density at radius 2 is 1.88 bits per heavy atom. The van der Waals surface area contributed by atoms with Gasteiger partial charge in [0, 0.05) is 45.1 Å². The maximum Gasteiger partial charge on any atom is 0.0589 e. The molecule has 0 aliphatic heterocycles. The lowest BCUT2D eigenvalue weighted by Crippen LogP contribution is -2.30. The molecule has 0 fully saturated rings. The number of pyridine rings is 1. The van der Waals surface area contributed by atoms with E-state index in [0.717, 1.165) is 25.3 Å². The third kappa shape index (κ3) is 5.98. The van der Waals surface area contributed by atoms with Gasteiger partial charge in [0.15, 0.2) is 0 Å². The van der Waals surface area contributed by atoms with Crippen LogP contribution in [-0.4, -0.2) is 50.4 Å². The summed E-state index contributed by atoms with van der Waals surface area (Å²) in [7, 11) is 3.40. The first-order chi connectivity index (χ1) is 8.26. The van der Waals surface area contributed by atoms with Crippen molar-refractivity contribution in [1.82, 2.24) is 9.88 Å². The fourth-order valence-corrected chi connectivity index (χ4v) is 1.66. The van der Waals surface area contributed by atoms with Gasteiger partial charge in [-0.25, -0.2) is 0 Å². The first kappa shape index (κ1) is 14.4. The van der Waals surface area contributed by atoms with E-state index < -0.39 is 0 Å². The van der Waals surface area contributed by atoms with Crippen LogP contribution in [-0.2, 0) is 16.0 Å². The van der Waals surface area contributed by atoms with Crippen molar-refractivity contribution >= 4 is 11.6 Å². The van der Waals surface area contributed by atoms with Crippen LogP contribution in [0.5, 0.6) is 0 Å². The van der Waals surface area contributed by atoms with Crippen LogP contribution in [0.1, 0.15) is 5.69 Å². The van der Waals surface area contributed by atoms with Gasteiger partial charge < -0.3 is 9.47 Å². The second kappa shape index (κ2) is 8.42. The zero-order chi connectivity index (χ0) is 12.5. The summed E-state index contributed by atoms with van der Waals surface area (Å²) in [6.07, 6.45) is 1.72. The molecule has 17 heavy (non-hydrogen) atoms. The van der Waals surface area contributed by atoms with E-state index in [1.807, 2.05) is 6.07 Å². The van der Waals surface area contributed by atoms with Crippen LogP contribution in [0.25, 0.3) is 0 Å². The number of hydrogen-bond donors (Lipinski definition) is 0. The SMILES string of the molecule is COCCN(CCOC)Cc1cc(Cl)ccn1. The van der Waals surface area contributed by atoms with Crippen LogP contribution in [0.4, 0.5) is 0 Å². The molecule has 0 saturated carbocycles. The number of methoxy groups -OCH3 is 2. The lowest BCUT2D eigenvalue weighted by Gasteiger charge is -2.21. The van der Waals surface area contributed by atoms with Gasteiger partial charge in [0.2, 0.25) is 0 Å². The third-order valence-electron chi connectivity index (χ3n) is 2.39. The van der Waals surface area contributed by atoms with Crippen molar-refractivity contribution in [3.05, 3.63) is 29.0 Å². The molecular weight excluding hydrogens is 240 g/mol. The van der Waals surface area contributed by atoms with Gasteiger partial charge in [0.05, 0.1) is 18.9 Å². The van der Waals surface area contributed by atoms with Crippen LogP contribution in [0, 0.1) is 0 Å². The molecule has 0 bridgehead atoms. The number of aromatic nitrogens is 1. The molecule has 0 spiro atoms. The fraction of sp³-hybridized carbons (Fsp3) is 0.583. The maximum absolute atomic E-state index is 5.93. The molecule has 1 heterocycles. The largest absolute Gasteiger partial charge is 0.383 e. The van der Waals surface area contributed by atoms with Crippen molar-refractivity contribution in [2.24, 2.45) is 0 Å². The molecule has 0 atom stereocenters. The summed E-state index contributed by atoms with van der Waals surface area (Å²) in [5.41, 5.74) is 0.963. The molecule has 0 amide bonds. The predicted molar refractivity (Wildman–Crippen MR) is 68.3 cm³/mol. The highest BCUT2D eigenvalue weighted by Gasteiger charge is 2.06. The van der Waals surface area contributed by atoms with Crippen LogP contribution >= 0.6 is 11.6 Å². The minimum Gasteiger partial charge on any atom is -0.383 e. The lowest BCUT2D eigenvalue weighted by molar-refractivity contribution is 0.109. The van der Waals surface area contributed by atoms with Gasteiger partial charge in [0.1, 0.15) is 0 Å². The minimum absolute atomic E-state index is 0.699. The Kier molecular flexibility index (Phi) is 7.12. The summed E-state index contributed by atoms with van der Waals surface area (Å²) in [5.74, 6) is 0. The maximum atomic E-state index is 5.93. The zero-order valence-electron chi connectivity index (χ0n) is 10.4. The number of ether oxygens (including phenoxy) is 2. The molecule has 0 saturated heterocycles. The minimum atomic E-state index is 0.699. The van der Waals surface area contributed by atoms with Crippen molar-refractivity contribution in [2.45, 2.75) is 6.54 Å². The Morgan fingerprint density at radius 3 is 2.41 bits per heavy atom. The van der Waals surface area contributed by atoms with Crippen LogP contribution in [0.3, 0.4) is 0 Å². The van der Waals surface area contributed by atoms with E-state index in [1.54, 1.807) is 26.5 Å². The summed E-state index contributed by atoms with van der Waals surface area (Å²) >= 11 is 5.93. The second-order valence-corrected chi connectivity index (χ2v) is 4.16. The topological polar surface area (TPSA) is 34.6 Å². The van der Waals surface area contributed by atoms with Crippen molar-refractivity contribution in [1.29, 1.82) is 0 Å². The van der Waals surface area contributed by atoms with E-state index in [9.17, 15) is 0 Å². The molecule has 0 unspecified atom stereocenters. The van der Waals surface area contributed by atoms with Crippen LogP contribution in [0.15, 0.2) is 18.3 Å². The summed E-state index contributed by atoms with van der Waals surface area (Å²) in [6.45, 7) is 3.87. The Morgan fingerprint density at radius 1 is 1.24 bits per heavy atom. The number of rotatable bonds is 8.